The fourth-order valence-electron chi connectivity index (χ4n) is 2.36. The van der Waals surface area contributed by atoms with Gasteiger partial charge in [-0.25, -0.2) is 9.97 Å². The Bertz CT molecular complexity index is 553. The summed E-state index contributed by atoms with van der Waals surface area (Å²) < 4.78 is 0. The minimum atomic E-state index is 0.226. The molecule has 19 heavy (non-hydrogen) atoms. The Balaban J connectivity index is 1.74. The van der Waals surface area contributed by atoms with E-state index in [0.29, 0.717) is 5.65 Å². The highest BCUT2D eigenvalue weighted by Crippen LogP contribution is 2.16. The van der Waals surface area contributed by atoms with Gasteiger partial charge in [0.15, 0.2) is 5.65 Å². The molecule has 1 fully saturated rings. The van der Waals surface area contributed by atoms with Crippen LogP contribution in [0.3, 0.4) is 0 Å². The number of nitrogens with zero attached hydrogens (tertiary/aromatic N) is 5. The Morgan fingerprint density at radius 2 is 1.84 bits per heavy atom. The van der Waals surface area contributed by atoms with Crippen molar-refractivity contribution in [3.05, 3.63) is 24.5 Å². The SMILES string of the molecule is OCCN1CCN(c2ccc3nccnc3n2)CC1. The number of β-amino-alcohol motifs (C(OH)–C–C–N with tert-alkyl or cyclic N) is 1. The van der Waals surface area contributed by atoms with E-state index in [9.17, 15) is 0 Å². The molecule has 6 heteroatoms. The third-order valence-electron chi connectivity index (χ3n) is 3.43. The van der Waals surface area contributed by atoms with Crippen molar-refractivity contribution in [2.45, 2.75) is 0 Å². The molecule has 0 aromatic carbocycles. The van der Waals surface area contributed by atoms with Crippen LogP contribution >= 0.6 is 0 Å². The molecule has 3 rings (SSSR count). The third-order valence-corrected chi connectivity index (χ3v) is 3.43. The lowest BCUT2D eigenvalue weighted by atomic mass is 10.3. The van der Waals surface area contributed by atoms with E-state index in [4.69, 9.17) is 5.11 Å². The number of pyridine rings is 1. The number of fused-ring (bicyclic) bond motifs is 1. The average Bonchev–Trinajstić information content (AvgIpc) is 2.48. The number of hydrogen-bond acceptors (Lipinski definition) is 6. The van der Waals surface area contributed by atoms with Crippen molar-refractivity contribution in [1.29, 1.82) is 0 Å². The van der Waals surface area contributed by atoms with Gasteiger partial charge in [-0.05, 0) is 12.1 Å². The maximum atomic E-state index is 8.94. The summed E-state index contributed by atoms with van der Waals surface area (Å²) in [5.41, 5.74) is 1.52. The second kappa shape index (κ2) is 5.46. The molecule has 3 heterocycles. The van der Waals surface area contributed by atoms with Gasteiger partial charge in [0.25, 0.3) is 0 Å². The van der Waals surface area contributed by atoms with Crippen molar-refractivity contribution in [3.63, 3.8) is 0 Å². The molecule has 0 amide bonds. The molecule has 0 unspecified atom stereocenters. The quantitative estimate of drug-likeness (QED) is 0.846. The summed E-state index contributed by atoms with van der Waals surface area (Å²) in [5, 5.41) is 8.94. The predicted molar refractivity (Wildman–Crippen MR) is 73.1 cm³/mol. The van der Waals surface area contributed by atoms with Crippen LogP contribution in [0.25, 0.3) is 11.2 Å². The van der Waals surface area contributed by atoms with Gasteiger partial charge >= 0.3 is 0 Å². The predicted octanol–water partition coefficient (Wildman–Crippen LogP) is 0.139. The molecule has 0 atom stereocenters. The first-order valence-electron chi connectivity index (χ1n) is 6.53. The Labute approximate surface area is 111 Å². The van der Waals surface area contributed by atoms with E-state index in [2.05, 4.69) is 24.8 Å². The maximum absolute atomic E-state index is 8.94. The van der Waals surface area contributed by atoms with Crippen LogP contribution in [0.2, 0.25) is 0 Å². The van der Waals surface area contributed by atoms with Crippen molar-refractivity contribution in [2.24, 2.45) is 0 Å². The first kappa shape index (κ1) is 12.3. The molecule has 0 aliphatic carbocycles. The van der Waals surface area contributed by atoms with Crippen LogP contribution in [-0.2, 0) is 0 Å². The van der Waals surface area contributed by atoms with Crippen molar-refractivity contribution < 1.29 is 5.11 Å². The smallest absolute Gasteiger partial charge is 0.180 e. The van der Waals surface area contributed by atoms with E-state index < -0.39 is 0 Å². The van der Waals surface area contributed by atoms with Crippen LogP contribution in [-0.4, -0.2) is 64.3 Å². The molecule has 1 N–H and O–H groups in total. The molecular formula is C13H17N5O. The number of aliphatic hydroxyl groups is 1. The van der Waals surface area contributed by atoms with Gasteiger partial charge in [-0.1, -0.05) is 0 Å². The lowest BCUT2D eigenvalue weighted by Gasteiger charge is -2.35. The normalized spacial score (nSPS) is 17.0. The fourth-order valence-corrected chi connectivity index (χ4v) is 2.36. The van der Waals surface area contributed by atoms with Gasteiger partial charge < -0.3 is 10.0 Å². The summed E-state index contributed by atoms with van der Waals surface area (Å²) in [6, 6.07) is 3.96. The topological polar surface area (TPSA) is 65.4 Å². The molecule has 0 saturated carbocycles. The second-order valence-electron chi connectivity index (χ2n) is 4.62. The summed E-state index contributed by atoms with van der Waals surface area (Å²) in [5.74, 6) is 0.955. The molecule has 2 aromatic rings. The Morgan fingerprint density at radius 1 is 1.05 bits per heavy atom. The van der Waals surface area contributed by atoms with Crippen molar-refractivity contribution >= 4 is 17.0 Å². The first-order valence-corrected chi connectivity index (χ1v) is 6.53. The average molecular weight is 259 g/mol. The van der Waals surface area contributed by atoms with Crippen molar-refractivity contribution in [3.8, 4) is 0 Å². The number of aliphatic hydroxyl groups excluding tert-OH is 1. The summed E-state index contributed by atoms with van der Waals surface area (Å²) in [7, 11) is 0. The van der Waals surface area contributed by atoms with Gasteiger partial charge in [-0.3, -0.25) is 9.88 Å². The van der Waals surface area contributed by atoms with Gasteiger partial charge in [0.1, 0.15) is 11.3 Å². The third kappa shape index (κ3) is 2.64. The standard InChI is InChI=1S/C13H17N5O/c19-10-9-17-5-7-18(8-6-17)12-2-1-11-13(16-12)15-4-3-14-11/h1-4,19H,5-10H2. The Morgan fingerprint density at radius 3 is 2.63 bits per heavy atom. The van der Waals surface area contributed by atoms with E-state index in [1.165, 1.54) is 0 Å². The number of aromatic nitrogens is 3. The zero-order chi connectivity index (χ0) is 13.1. The van der Waals surface area contributed by atoms with E-state index in [0.717, 1.165) is 44.1 Å². The summed E-state index contributed by atoms with van der Waals surface area (Å²) in [4.78, 5) is 17.5. The van der Waals surface area contributed by atoms with Crippen molar-refractivity contribution in [2.75, 3.05) is 44.2 Å². The van der Waals surface area contributed by atoms with Gasteiger partial charge in [0.2, 0.25) is 0 Å². The van der Waals surface area contributed by atoms with Crippen LogP contribution in [0.4, 0.5) is 5.82 Å². The molecule has 1 saturated heterocycles. The van der Waals surface area contributed by atoms with E-state index in [-0.39, 0.29) is 6.61 Å². The van der Waals surface area contributed by atoms with Crippen LogP contribution in [0.15, 0.2) is 24.5 Å². The zero-order valence-electron chi connectivity index (χ0n) is 10.7. The zero-order valence-corrected chi connectivity index (χ0v) is 10.7. The number of hydrogen-bond donors (Lipinski definition) is 1. The molecular weight excluding hydrogens is 242 g/mol. The van der Waals surface area contributed by atoms with Crippen LogP contribution in [0.5, 0.6) is 0 Å². The van der Waals surface area contributed by atoms with Crippen molar-refractivity contribution in [1.82, 2.24) is 19.9 Å². The summed E-state index contributed by atoms with van der Waals surface area (Å²) >= 11 is 0. The largest absolute Gasteiger partial charge is 0.395 e. The Hall–Kier alpha value is -1.79. The van der Waals surface area contributed by atoms with Crippen LogP contribution in [0, 0.1) is 0 Å². The lowest BCUT2D eigenvalue weighted by molar-refractivity contribution is 0.188. The van der Waals surface area contributed by atoms with E-state index >= 15 is 0 Å². The maximum Gasteiger partial charge on any atom is 0.180 e. The van der Waals surface area contributed by atoms with Gasteiger partial charge in [0.05, 0.1) is 6.61 Å². The Kier molecular flexibility index (Phi) is 3.52. The van der Waals surface area contributed by atoms with Gasteiger partial charge in [-0.15, -0.1) is 0 Å². The van der Waals surface area contributed by atoms with E-state index in [1.807, 2.05) is 12.1 Å². The highest BCUT2D eigenvalue weighted by Gasteiger charge is 2.17. The lowest BCUT2D eigenvalue weighted by Crippen LogP contribution is -2.47. The monoisotopic (exact) mass is 259 g/mol. The highest BCUT2D eigenvalue weighted by molar-refractivity contribution is 5.71. The minimum Gasteiger partial charge on any atom is -0.395 e. The first-order chi connectivity index (χ1) is 9.36. The molecule has 6 nitrogen and oxygen atoms in total. The molecule has 1 aliphatic heterocycles. The van der Waals surface area contributed by atoms with Gasteiger partial charge in [0, 0.05) is 45.1 Å². The number of rotatable bonds is 3. The van der Waals surface area contributed by atoms with Gasteiger partial charge in [-0.2, -0.15) is 0 Å². The molecule has 100 valence electrons. The molecule has 0 bridgehead atoms. The summed E-state index contributed by atoms with van der Waals surface area (Å²) in [6.45, 7) is 4.76. The molecule has 2 aromatic heterocycles. The molecule has 0 spiro atoms. The fraction of sp³-hybridized carbons (Fsp3) is 0.462. The van der Waals surface area contributed by atoms with Crippen LogP contribution < -0.4 is 4.90 Å². The molecule has 1 aliphatic rings. The number of anilines is 1. The van der Waals surface area contributed by atoms with E-state index in [1.54, 1.807) is 12.4 Å². The molecule has 0 radical (unpaired) electrons. The highest BCUT2D eigenvalue weighted by atomic mass is 16.3. The minimum absolute atomic E-state index is 0.226. The van der Waals surface area contributed by atoms with Crippen LogP contribution in [0.1, 0.15) is 0 Å². The number of piperazine rings is 1. The summed E-state index contributed by atoms with van der Waals surface area (Å²) in [6.07, 6.45) is 3.34. The second-order valence-corrected chi connectivity index (χ2v) is 4.62.